The van der Waals surface area contributed by atoms with E-state index in [1.807, 2.05) is 6.92 Å². The van der Waals surface area contributed by atoms with Crippen LogP contribution in [0, 0.1) is 11.6 Å². The van der Waals surface area contributed by atoms with Gasteiger partial charge in [-0.05, 0) is 30.7 Å². The third kappa shape index (κ3) is 5.16. The van der Waals surface area contributed by atoms with Crippen molar-refractivity contribution in [1.29, 1.82) is 0 Å². The Hall–Kier alpha value is -1.14. The Morgan fingerprint density at radius 2 is 1.84 bits per heavy atom. The summed E-state index contributed by atoms with van der Waals surface area (Å²) in [4.78, 5) is 1.40. The molecule has 0 saturated carbocycles. The van der Waals surface area contributed by atoms with Crippen LogP contribution in [0.4, 0.5) is 17.6 Å². The molecule has 0 radical (unpaired) electrons. The molecule has 0 bridgehead atoms. The maximum atomic E-state index is 13.0. The Bertz CT molecular complexity index is 400. The highest BCUT2D eigenvalue weighted by molar-refractivity contribution is 5.20. The lowest BCUT2D eigenvalue weighted by Crippen LogP contribution is -2.33. The topological polar surface area (TPSA) is 23.5 Å². The van der Waals surface area contributed by atoms with Gasteiger partial charge in [-0.1, -0.05) is 13.0 Å². The van der Waals surface area contributed by atoms with Crippen LogP contribution in [-0.4, -0.2) is 36.1 Å². The fraction of sp³-hybridized carbons (Fsp3) is 0.538. The van der Waals surface area contributed by atoms with Gasteiger partial charge in [0.2, 0.25) is 0 Å². The predicted octanol–water partition coefficient (Wildman–Crippen LogP) is 2.98. The number of hydrogen-bond acceptors (Lipinski definition) is 2. The Balaban J connectivity index is 2.69. The van der Waals surface area contributed by atoms with E-state index in [1.54, 1.807) is 0 Å². The van der Waals surface area contributed by atoms with Gasteiger partial charge in [0.25, 0.3) is 6.43 Å². The molecule has 0 spiro atoms. The number of halogens is 4. The number of benzene rings is 1. The van der Waals surface area contributed by atoms with Gasteiger partial charge in [0.15, 0.2) is 11.6 Å². The summed E-state index contributed by atoms with van der Waals surface area (Å²) in [5.74, 6) is -2.07. The quantitative estimate of drug-likeness (QED) is 0.776. The molecule has 19 heavy (non-hydrogen) atoms. The van der Waals surface area contributed by atoms with E-state index in [1.165, 1.54) is 11.0 Å². The molecule has 0 fully saturated rings. The monoisotopic (exact) mass is 279 g/mol. The van der Waals surface area contributed by atoms with Gasteiger partial charge in [-0.2, -0.15) is 0 Å². The summed E-state index contributed by atoms with van der Waals surface area (Å²) in [6, 6.07) is 3.03. The molecular formula is C13H17F4NO. The lowest BCUT2D eigenvalue weighted by Gasteiger charge is -2.24. The van der Waals surface area contributed by atoms with Crippen molar-refractivity contribution < 1.29 is 22.7 Å². The molecule has 1 atom stereocenters. The van der Waals surface area contributed by atoms with Crippen molar-refractivity contribution in [1.82, 2.24) is 4.90 Å². The highest BCUT2D eigenvalue weighted by Gasteiger charge is 2.17. The number of aliphatic hydroxyl groups excluding tert-OH is 1. The average Bonchev–Trinajstić information content (AvgIpc) is 2.32. The molecule has 1 aromatic rings. The van der Waals surface area contributed by atoms with Crippen LogP contribution in [0.1, 0.15) is 25.0 Å². The number of rotatable bonds is 7. The van der Waals surface area contributed by atoms with Gasteiger partial charge in [0.1, 0.15) is 0 Å². The largest absolute Gasteiger partial charge is 0.387 e. The molecule has 0 aliphatic heterocycles. The van der Waals surface area contributed by atoms with E-state index < -0.39 is 30.7 Å². The van der Waals surface area contributed by atoms with Gasteiger partial charge in [0.05, 0.1) is 12.6 Å². The Labute approximate surface area is 109 Å². The van der Waals surface area contributed by atoms with E-state index in [9.17, 15) is 22.7 Å². The third-order valence-electron chi connectivity index (χ3n) is 2.70. The highest BCUT2D eigenvalue weighted by Crippen LogP contribution is 2.18. The SMILES string of the molecule is CCCN(CC(F)F)CC(O)c1ccc(F)c(F)c1. The lowest BCUT2D eigenvalue weighted by molar-refractivity contribution is 0.0545. The molecule has 1 unspecified atom stereocenters. The molecule has 1 aromatic carbocycles. The molecule has 108 valence electrons. The van der Waals surface area contributed by atoms with E-state index in [0.29, 0.717) is 13.0 Å². The number of nitrogens with zero attached hydrogens (tertiary/aromatic N) is 1. The maximum Gasteiger partial charge on any atom is 0.251 e. The molecule has 1 N–H and O–H groups in total. The van der Waals surface area contributed by atoms with Crippen LogP contribution in [0.15, 0.2) is 18.2 Å². The van der Waals surface area contributed by atoms with Crippen LogP contribution >= 0.6 is 0 Å². The molecule has 0 aliphatic carbocycles. The van der Waals surface area contributed by atoms with E-state index in [0.717, 1.165) is 12.1 Å². The minimum atomic E-state index is -2.50. The summed E-state index contributed by atoms with van der Waals surface area (Å²) in [5, 5.41) is 9.87. The van der Waals surface area contributed by atoms with Gasteiger partial charge >= 0.3 is 0 Å². The zero-order valence-electron chi connectivity index (χ0n) is 10.6. The van der Waals surface area contributed by atoms with Crippen LogP contribution in [0.3, 0.4) is 0 Å². The molecular weight excluding hydrogens is 262 g/mol. The van der Waals surface area contributed by atoms with Gasteiger partial charge in [-0.25, -0.2) is 17.6 Å². The molecule has 6 heteroatoms. The fourth-order valence-electron chi connectivity index (χ4n) is 1.84. The first-order valence-electron chi connectivity index (χ1n) is 6.07. The Kier molecular flexibility index (Phi) is 6.24. The second-order valence-electron chi connectivity index (χ2n) is 4.34. The summed E-state index contributed by atoms with van der Waals surface area (Å²) >= 11 is 0. The highest BCUT2D eigenvalue weighted by atomic mass is 19.3. The van der Waals surface area contributed by atoms with Crippen molar-refractivity contribution in [2.45, 2.75) is 25.9 Å². The van der Waals surface area contributed by atoms with Gasteiger partial charge < -0.3 is 5.11 Å². The van der Waals surface area contributed by atoms with Crippen molar-refractivity contribution in [2.24, 2.45) is 0 Å². The molecule has 2 nitrogen and oxygen atoms in total. The van der Waals surface area contributed by atoms with E-state index >= 15 is 0 Å². The first-order chi connectivity index (χ1) is 8.93. The van der Waals surface area contributed by atoms with Crippen molar-refractivity contribution in [3.63, 3.8) is 0 Å². The van der Waals surface area contributed by atoms with Crippen LogP contribution in [0.2, 0.25) is 0 Å². The third-order valence-corrected chi connectivity index (χ3v) is 2.70. The Morgan fingerprint density at radius 3 is 2.37 bits per heavy atom. The molecule has 1 rings (SSSR count). The Morgan fingerprint density at radius 1 is 1.16 bits per heavy atom. The average molecular weight is 279 g/mol. The predicted molar refractivity (Wildman–Crippen MR) is 64.1 cm³/mol. The first-order valence-corrected chi connectivity index (χ1v) is 6.07. The van der Waals surface area contributed by atoms with Crippen LogP contribution in [0.5, 0.6) is 0 Å². The summed E-state index contributed by atoms with van der Waals surface area (Å²) in [7, 11) is 0. The van der Waals surface area contributed by atoms with Gasteiger partial charge in [0, 0.05) is 6.54 Å². The van der Waals surface area contributed by atoms with Crippen molar-refractivity contribution >= 4 is 0 Å². The second-order valence-corrected chi connectivity index (χ2v) is 4.34. The second kappa shape index (κ2) is 7.45. The summed E-state index contributed by atoms with van der Waals surface area (Å²) in [5.41, 5.74) is 0.175. The lowest BCUT2D eigenvalue weighted by atomic mass is 10.1. The first kappa shape index (κ1) is 15.9. The van der Waals surface area contributed by atoms with E-state index in [4.69, 9.17) is 0 Å². The molecule has 0 aliphatic rings. The molecule has 0 aromatic heterocycles. The minimum Gasteiger partial charge on any atom is -0.387 e. The van der Waals surface area contributed by atoms with Gasteiger partial charge in [-0.3, -0.25) is 4.90 Å². The van der Waals surface area contributed by atoms with Crippen LogP contribution in [-0.2, 0) is 0 Å². The maximum absolute atomic E-state index is 13.0. The molecule has 0 saturated heterocycles. The zero-order chi connectivity index (χ0) is 14.4. The minimum absolute atomic E-state index is 0.0384. The summed E-state index contributed by atoms with van der Waals surface area (Å²) in [6.07, 6.45) is -2.96. The smallest absolute Gasteiger partial charge is 0.251 e. The summed E-state index contributed by atoms with van der Waals surface area (Å²) < 4.78 is 50.5. The van der Waals surface area contributed by atoms with Crippen molar-refractivity contribution in [3.8, 4) is 0 Å². The normalized spacial score (nSPS) is 13.3. The van der Waals surface area contributed by atoms with Crippen LogP contribution in [0.25, 0.3) is 0 Å². The van der Waals surface area contributed by atoms with Gasteiger partial charge in [-0.15, -0.1) is 0 Å². The van der Waals surface area contributed by atoms with E-state index in [-0.39, 0.29) is 12.1 Å². The molecule has 0 amide bonds. The number of hydrogen-bond donors (Lipinski definition) is 1. The zero-order valence-corrected chi connectivity index (χ0v) is 10.6. The van der Waals surface area contributed by atoms with E-state index in [2.05, 4.69) is 0 Å². The van der Waals surface area contributed by atoms with Crippen molar-refractivity contribution in [2.75, 3.05) is 19.6 Å². The standard InChI is InChI=1S/C13H17F4NO/c1-2-5-18(8-13(16)17)7-12(19)9-3-4-10(14)11(15)6-9/h3-4,6,12-13,19H,2,5,7-8H2,1H3. The number of aliphatic hydroxyl groups is 1. The van der Waals surface area contributed by atoms with Crippen molar-refractivity contribution in [3.05, 3.63) is 35.4 Å². The van der Waals surface area contributed by atoms with Crippen LogP contribution < -0.4 is 0 Å². The number of alkyl halides is 2. The summed E-state index contributed by atoms with van der Waals surface area (Å²) in [6.45, 7) is 1.76. The molecule has 0 heterocycles. The fourth-order valence-corrected chi connectivity index (χ4v) is 1.84.